The summed E-state index contributed by atoms with van der Waals surface area (Å²) in [6.07, 6.45) is 2.07. The predicted molar refractivity (Wildman–Crippen MR) is 66.2 cm³/mol. The number of benzene rings is 1. The molecule has 0 aliphatic carbocycles. The third kappa shape index (κ3) is 2.87. The second-order valence-corrected chi connectivity index (χ2v) is 4.92. The molecule has 1 aliphatic rings. The fraction of sp³-hybridized carbons (Fsp3) is 0.571. The maximum atomic E-state index is 13.8. The molecule has 2 atom stereocenters. The SMILES string of the molecule is CCCCN1CC(O)CC1c1cc(F)ccc1F. The van der Waals surface area contributed by atoms with E-state index in [1.807, 2.05) is 4.90 Å². The number of aliphatic hydroxyl groups is 1. The summed E-state index contributed by atoms with van der Waals surface area (Å²) in [5.74, 6) is -0.819. The highest BCUT2D eigenvalue weighted by Crippen LogP contribution is 2.34. The molecular formula is C14H19F2NO. The van der Waals surface area contributed by atoms with Gasteiger partial charge in [0.2, 0.25) is 0 Å². The molecule has 1 aliphatic heterocycles. The van der Waals surface area contributed by atoms with Crippen molar-refractivity contribution in [3.8, 4) is 0 Å². The van der Waals surface area contributed by atoms with Crippen molar-refractivity contribution in [3.05, 3.63) is 35.4 Å². The zero-order valence-corrected chi connectivity index (χ0v) is 10.6. The molecular weight excluding hydrogens is 236 g/mol. The number of rotatable bonds is 4. The summed E-state index contributed by atoms with van der Waals surface area (Å²) in [7, 11) is 0. The quantitative estimate of drug-likeness (QED) is 0.894. The summed E-state index contributed by atoms with van der Waals surface area (Å²) in [4.78, 5) is 2.05. The maximum absolute atomic E-state index is 13.8. The molecule has 0 saturated carbocycles. The van der Waals surface area contributed by atoms with Crippen LogP contribution in [0.1, 0.15) is 37.8 Å². The Kier molecular flexibility index (Phi) is 4.30. The monoisotopic (exact) mass is 255 g/mol. The van der Waals surface area contributed by atoms with Crippen LogP contribution in [0, 0.1) is 11.6 Å². The molecule has 1 aromatic carbocycles. The highest BCUT2D eigenvalue weighted by molar-refractivity contribution is 5.23. The van der Waals surface area contributed by atoms with Gasteiger partial charge in [-0.15, -0.1) is 0 Å². The van der Waals surface area contributed by atoms with Gasteiger partial charge in [-0.05, 0) is 37.6 Å². The molecule has 1 aromatic rings. The van der Waals surface area contributed by atoms with E-state index in [4.69, 9.17) is 0 Å². The van der Waals surface area contributed by atoms with Crippen LogP contribution in [0.4, 0.5) is 8.78 Å². The average molecular weight is 255 g/mol. The molecule has 1 heterocycles. The predicted octanol–water partition coefficient (Wildman–Crippen LogP) is 2.87. The summed E-state index contributed by atoms with van der Waals surface area (Å²) in [5, 5.41) is 9.73. The van der Waals surface area contributed by atoms with Crippen LogP contribution in [0.2, 0.25) is 0 Å². The third-order valence-corrected chi connectivity index (χ3v) is 3.50. The number of likely N-dealkylation sites (tertiary alicyclic amines) is 1. The van der Waals surface area contributed by atoms with Crippen LogP contribution in [-0.2, 0) is 0 Å². The Morgan fingerprint density at radius 1 is 1.39 bits per heavy atom. The van der Waals surface area contributed by atoms with E-state index < -0.39 is 17.7 Å². The third-order valence-electron chi connectivity index (χ3n) is 3.50. The molecule has 18 heavy (non-hydrogen) atoms. The van der Waals surface area contributed by atoms with Crippen LogP contribution in [0.3, 0.4) is 0 Å². The van der Waals surface area contributed by atoms with E-state index >= 15 is 0 Å². The molecule has 2 unspecified atom stereocenters. The lowest BCUT2D eigenvalue weighted by Crippen LogP contribution is -2.26. The van der Waals surface area contributed by atoms with Crippen LogP contribution in [-0.4, -0.2) is 29.2 Å². The first-order chi connectivity index (χ1) is 8.61. The molecule has 1 saturated heterocycles. The molecule has 2 nitrogen and oxygen atoms in total. The molecule has 2 rings (SSSR count). The molecule has 0 radical (unpaired) electrons. The van der Waals surface area contributed by atoms with E-state index in [9.17, 15) is 13.9 Å². The van der Waals surface area contributed by atoms with Crippen molar-refractivity contribution in [2.24, 2.45) is 0 Å². The van der Waals surface area contributed by atoms with Crippen molar-refractivity contribution < 1.29 is 13.9 Å². The van der Waals surface area contributed by atoms with E-state index in [2.05, 4.69) is 6.92 Å². The normalized spacial score (nSPS) is 24.7. The number of hydrogen-bond donors (Lipinski definition) is 1. The number of unbranched alkanes of at least 4 members (excludes halogenated alkanes) is 1. The largest absolute Gasteiger partial charge is 0.392 e. The summed E-state index contributed by atoms with van der Waals surface area (Å²) in [6, 6.07) is 3.33. The minimum Gasteiger partial charge on any atom is -0.392 e. The summed E-state index contributed by atoms with van der Waals surface area (Å²) in [6.45, 7) is 3.44. The van der Waals surface area contributed by atoms with Crippen molar-refractivity contribution in [1.29, 1.82) is 0 Å². The smallest absolute Gasteiger partial charge is 0.128 e. The first-order valence-electron chi connectivity index (χ1n) is 6.49. The van der Waals surface area contributed by atoms with Crippen molar-refractivity contribution in [3.63, 3.8) is 0 Å². The van der Waals surface area contributed by atoms with Gasteiger partial charge < -0.3 is 5.11 Å². The van der Waals surface area contributed by atoms with Gasteiger partial charge in [0.05, 0.1) is 6.10 Å². The molecule has 0 amide bonds. The second-order valence-electron chi connectivity index (χ2n) is 4.92. The van der Waals surface area contributed by atoms with Crippen molar-refractivity contribution in [2.75, 3.05) is 13.1 Å². The van der Waals surface area contributed by atoms with E-state index in [-0.39, 0.29) is 6.04 Å². The summed E-state index contributed by atoms with van der Waals surface area (Å²) in [5.41, 5.74) is 0.364. The van der Waals surface area contributed by atoms with Crippen LogP contribution >= 0.6 is 0 Å². The van der Waals surface area contributed by atoms with Gasteiger partial charge >= 0.3 is 0 Å². The van der Waals surface area contributed by atoms with Gasteiger partial charge in [0.15, 0.2) is 0 Å². The number of halogens is 2. The maximum Gasteiger partial charge on any atom is 0.128 e. The van der Waals surface area contributed by atoms with Crippen molar-refractivity contribution in [1.82, 2.24) is 4.90 Å². The van der Waals surface area contributed by atoms with Gasteiger partial charge in [0.1, 0.15) is 11.6 Å². The van der Waals surface area contributed by atoms with Crippen molar-refractivity contribution >= 4 is 0 Å². The Bertz CT molecular complexity index is 411. The lowest BCUT2D eigenvalue weighted by atomic mass is 10.0. The summed E-state index contributed by atoms with van der Waals surface area (Å²) >= 11 is 0. The van der Waals surface area contributed by atoms with Gasteiger partial charge in [-0.3, -0.25) is 4.90 Å². The van der Waals surface area contributed by atoms with E-state index in [0.29, 0.717) is 18.5 Å². The number of β-amino-alcohol motifs (C(OH)–C–C–N with tert-alkyl or cyclic N) is 1. The second kappa shape index (κ2) is 5.76. The molecule has 0 spiro atoms. The van der Waals surface area contributed by atoms with E-state index in [1.54, 1.807) is 0 Å². The minimum absolute atomic E-state index is 0.206. The van der Waals surface area contributed by atoms with Crippen LogP contribution in [0.15, 0.2) is 18.2 Å². The number of nitrogens with zero attached hydrogens (tertiary/aromatic N) is 1. The first kappa shape index (κ1) is 13.4. The summed E-state index contributed by atoms with van der Waals surface area (Å²) < 4.78 is 27.0. The molecule has 0 aromatic heterocycles. The number of aliphatic hydroxyl groups excluding tert-OH is 1. The van der Waals surface area contributed by atoms with Crippen molar-refractivity contribution in [2.45, 2.75) is 38.3 Å². The highest BCUT2D eigenvalue weighted by Gasteiger charge is 2.33. The Labute approximate surface area is 106 Å². The standard InChI is InChI=1S/C14H19F2NO/c1-2-3-6-17-9-11(18)8-14(17)12-7-10(15)4-5-13(12)16/h4-5,7,11,14,18H,2-3,6,8-9H2,1H3. The molecule has 0 bridgehead atoms. The van der Waals surface area contributed by atoms with Crippen LogP contribution in [0.25, 0.3) is 0 Å². The van der Waals surface area contributed by atoms with Gasteiger partial charge in [0.25, 0.3) is 0 Å². The lowest BCUT2D eigenvalue weighted by molar-refractivity contribution is 0.174. The fourth-order valence-electron chi connectivity index (χ4n) is 2.58. The van der Waals surface area contributed by atoms with E-state index in [0.717, 1.165) is 31.5 Å². The minimum atomic E-state index is -0.450. The zero-order valence-electron chi connectivity index (χ0n) is 10.6. The van der Waals surface area contributed by atoms with Gasteiger partial charge in [0, 0.05) is 18.2 Å². The molecule has 1 N–H and O–H groups in total. The number of hydrogen-bond acceptors (Lipinski definition) is 2. The molecule has 1 fully saturated rings. The Balaban J connectivity index is 2.21. The Hall–Kier alpha value is -1.00. The fourth-order valence-corrected chi connectivity index (χ4v) is 2.58. The van der Waals surface area contributed by atoms with Gasteiger partial charge in [-0.2, -0.15) is 0 Å². The Morgan fingerprint density at radius 3 is 2.89 bits per heavy atom. The van der Waals surface area contributed by atoms with Gasteiger partial charge in [-0.1, -0.05) is 13.3 Å². The zero-order chi connectivity index (χ0) is 13.1. The van der Waals surface area contributed by atoms with Crippen LogP contribution < -0.4 is 0 Å². The van der Waals surface area contributed by atoms with Crippen LogP contribution in [0.5, 0.6) is 0 Å². The Morgan fingerprint density at radius 2 is 2.17 bits per heavy atom. The highest BCUT2D eigenvalue weighted by atomic mass is 19.1. The first-order valence-corrected chi connectivity index (χ1v) is 6.49. The lowest BCUT2D eigenvalue weighted by Gasteiger charge is -2.24. The molecule has 4 heteroatoms. The van der Waals surface area contributed by atoms with Gasteiger partial charge in [-0.25, -0.2) is 8.78 Å². The van der Waals surface area contributed by atoms with E-state index in [1.165, 1.54) is 6.07 Å². The topological polar surface area (TPSA) is 23.5 Å². The molecule has 100 valence electrons. The average Bonchev–Trinajstić information content (AvgIpc) is 2.71.